The maximum atomic E-state index is 12.4. The lowest BCUT2D eigenvalue weighted by atomic mass is 10.1. The molecule has 0 aliphatic heterocycles. The van der Waals surface area contributed by atoms with Gasteiger partial charge in [-0.3, -0.25) is 9.59 Å². The van der Waals surface area contributed by atoms with Gasteiger partial charge in [0.2, 0.25) is 0 Å². The van der Waals surface area contributed by atoms with Crippen molar-refractivity contribution in [3.63, 3.8) is 0 Å². The average molecular weight is 392 g/mol. The Morgan fingerprint density at radius 3 is 2.48 bits per heavy atom. The third-order valence-electron chi connectivity index (χ3n) is 4.30. The SMILES string of the molecule is COc1ccc(C(C)=O)cc1COC(=O)c1ccc(=O)n(Cc2ccccc2)n1. The molecule has 0 N–H and O–H groups in total. The highest BCUT2D eigenvalue weighted by Gasteiger charge is 2.14. The number of hydrogen-bond donors (Lipinski definition) is 0. The van der Waals surface area contributed by atoms with Gasteiger partial charge in [0, 0.05) is 17.2 Å². The summed E-state index contributed by atoms with van der Waals surface area (Å²) < 4.78 is 11.8. The average Bonchev–Trinajstić information content (AvgIpc) is 2.74. The van der Waals surface area contributed by atoms with E-state index in [0.29, 0.717) is 16.9 Å². The summed E-state index contributed by atoms with van der Waals surface area (Å²) in [5, 5.41) is 4.11. The Kier molecular flexibility index (Phi) is 6.19. The Balaban J connectivity index is 1.76. The van der Waals surface area contributed by atoms with Gasteiger partial charge >= 0.3 is 5.97 Å². The van der Waals surface area contributed by atoms with Crippen LogP contribution in [0.4, 0.5) is 0 Å². The molecule has 3 aromatic rings. The lowest BCUT2D eigenvalue weighted by Crippen LogP contribution is -2.25. The second-order valence-corrected chi connectivity index (χ2v) is 6.36. The molecule has 0 unspecified atom stereocenters. The summed E-state index contributed by atoms with van der Waals surface area (Å²) in [6.07, 6.45) is 0. The first-order valence-corrected chi connectivity index (χ1v) is 8.95. The van der Waals surface area contributed by atoms with Gasteiger partial charge in [-0.1, -0.05) is 30.3 Å². The molecule has 0 bridgehead atoms. The van der Waals surface area contributed by atoms with Crippen LogP contribution < -0.4 is 10.3 Å². The van der Waals surface area contributed by atoms with Gasteiger partial charge in [0.1, 0.15) is 12.4 Å². The van der Waals surface area contributed by atoms with Crippen LogP contribution in [0.5, 0.6) is 5.75 Å². The molecule has 0 saturated heterocycles. The van der Waals surface area contributed by atoms with Crippen molar-refractivity contribution in [2.75, 3.05) is 7.11 Å². The minimum Gasteiger partial charge on any atom is -0.496 e. The van der Waals surface area contributed by atoms with E-state index in [2.05, 4.69) is 5.10 Å². The molecule has 0 fully saturated rings. The van der Waals surface area contributed by atoms with E-state index in [1.807, 2.05) is 30.3 Å². The summed E-state index contributed by atoms with van der Waals surface area (Å²) in [5.41, 5.74) is 1.64. The predicted molar refractivity (Wildman–Crippen MR) is 106 cm³/mol. The Labute approximate surface area is 167 Å². The molecule has 1 heterocycles. The van der Waals surface area contributed by atoms with Crippen LogP contribution in [-0.2, 0) is 17.9 Å². The van der Waals surface area contributed by atoms with E-state index in [-0.39, 0.29) is 30.2 Å². The van der Waals surface area contributed by atoms with Crippen LogP contribution >= 0.6 is 0 Å². The van der Waals surface area contributed by atoms with Crippen molar-refractivity contribution < 1.29 is 19.1 Å². The Hall–Kier alpha value is -3.74. The highest BCUT2D eigenvalue weighted by atomic mass is 16.5. The van der Waals surface area contributed by atoms with Gasteiger partial charge in [-0.05, 0) is 36.8 Å². The van der Waals surface area contributed by atoms with E-state index < -0.39 is 5.97 Å². The standard InChI is InChI=1S/C22H20N2O5/c1-15(25)17-8-10-20(28-2)18(12-17)14-29-22(27)19-9-11-21(26)24(23-19)13-16-6-4-3-5-7-16/h3-12H,13-14H2,1-2H3. The van der Waals surface area contributed by atoms with Crippen LogP contribution in [0.3, 0.4) is 0 Å². The molecule has 2 aromatic carbocycles. The fourth-order valence-electron chi connectivity index (χ4n) is 2.76. The number of rotatable bonds is 7. The zero-order valence-electron chi connectivity index (χ0n) is 16.1. The van der Waals surface area contributed by atoms with Crippen molar-refractivity contribution in [2.45, 2.75) is 20.1 Å². The lowest BCUT2D eigenvalue weighted by Gasteiger charge is -2.11. The molecule has 7 heteroatoms. The third kappa shape index (κ3) is 4.95. The number of benzene rings is 2. The molecule has 0 radical (unpaired) electrons. The zero-order valence-corrected chi connectivity index (χ0v) is 16.1. The number of methoxy groups -OCH3 is 1. The molecular weight excluding hydrogens is 372 g/mol. The van der Waals surface area contributed by atoms with Gasteiger partial charge in [-0.2, -0.15) is 5.10 Å². The summed E-state index contributed by atoms with van der Waals surface area (Å²) >= 11 is 0. The Morgan fingerprint density at radius 1 is 1.03 bits per heavy atom. The molecule has 0 spiro atoms. The summed E-state index contributed by atoms with van der Waals surface area (Å²) in [5.74, 6) is -0.276. The number of nitrogens with zero attached hydrogens (tertiary/aromatic N) is 2. The monoisotopic (exact) mass is 392 g/mol. The van der Waals surface area contributed by atoms with Crippen LogP contribution in [0, 0.1) is 0 Å². The second-order valence-electron chi connectivity index (χ2n) is 6.36. The first-order chi connectivity index (χ1) is 14.0. The smallest absolute Gasteiger partial charge is 0.359 e. The minimum atomic E-state index is -0.679. The number of carbonyl (C=O) groups is 2. The summed E-state index contributed by atoms with van der Waals surface area (Å²) in [4.78, 5) is 36.1. The quantitative estimate of drug-likeness (QED) is 0.454. The Bertz CT molecular complexity index is 1090. The van der Waals surface area contributed by atoms with E-state index in [1.165, 1.54) is 30.8 Å². The van der Waals surface area contributed by atoms with Crippen molar-refractivity contribution in [2.24, 2.45) is 0 Å². The van der Waals surface area contributed by atoms with E-state index in [9.17, 15) is 14.4 Å². The van der Waals surface area contributed by atoms with Crippen LogP contribution in [0.2, 0.25) is 0 Å². The van der Waals surface area contributed by atoms with Gasteiger partial charge < -0.3 is 9.47 Å². The normalized spacial score (nSPS) is 10.4. The number of carbonyl (C=O) groups excluding carboxylic acids is 2. The van der Waals surface area contributed by atoms with E-state index in [0.717, 1.165) is 5.56 Å². The van der Waals surface area contributed by atoms with Crippen molar-refractivity contribution in [3.8, 4) is 5.75 Å². The van der Waals surface area contributed by atoms with Crippen LogP contribution in [0.15, 0.2) is 65.5 Å². The lowest BCUT2D eigenvalue weighted by molar-refractivity contribution is 0.0460. The number of Topliss-reactive ketones (excluding diaryl/α,β-unsaturated/α-hetero) is 1. The van der Waals surface area contributed by atoms with Crippen LogP contribution in [-0.4, -0.2) is 28.6 Å². The molecule has 7 nitrogen and oxygen atoms in total. The number of esters is 1. The summed E-state index contributed by atoms with van der Waals surface area (Å²) in [6.45, 7) is 1.61. The van der Waals surface area contributed by atoms with Gasteiger partial charge in [0.05, 0.1) is 13.7 Å². The molecule has 0 amide bonds. The zero-order chi connectivity index (χ0) is 20.8. The number of aromatic nitrogens is 2. The van der Waals surface area contributed by atoms with Crippen LogP contribution in [0.25, 0.3) is 0 Å². The van der Waals surface area contributed by atoms with Gasteiger partial charge in [-0.15, -0.1) is 0 Å². The number of ether oxygens (including phenoxy) is 2. The number of ketones is 1. The number of hydrogen-bond acceptors (Lipinski definition) is 6. The molecule has 148 valence electrons. The molecule has 0 aliphatic carbocycles. The fourth-order valence-corrected chi connectivity index (χ4v) is 2.76. The van der Waals surface area contributed by atoms with Crippen molar-refractivity contribution in [3.05, 3.63) is 93.4 Å². The Morgan fingerprint density at radius 2 is 1.79 bits per heavy atom. The molecule has 0 aliphatic rings. The first kappa shape index (κ1) is 20.0. The van der Waals surface area contributed by atoms with Crippen LogP contribution in [0.1, 0.15) is 38.9 Å². The van der Waals surface area contributed by atoms with Crippen molar-refractivity contribution in [1.29, 1.82) is 0 Å². The summed E-state index contributed by atoms with van der Waals surface area (Å²) in [7, 11) is 1.50. The van der Waals surface area contributed by atoms with Gasteiger partial charge in [0.15, 0.2) is 11.5 Å². The van der Waals surface area contributed by atoms with Gasteiger partial charge in [0.25, 0.3) is 5.56 Å². The maximum absolute atomic E-state index is 12.4. The molecule has 29 heavy (non-hydrogen) atoms. The highest BCUT2D eigenvalue weighted by Crippen LogP contribution is 2.21. The van der Waals surface area contributed by atoms with Gasteiger partial charge in [-0.25, -0.2) is 9.48 Å². The van der Waals surface area contributed by atoms with Crippen molar-refractivity contribution >= 4 is 11.8 Å². The maximum Gasteiger partial charge on any atom is 0.359 e. The minimum absolute atomic E-state index is 0.0159. The largest absolute Gasteiger partial charge is 0.496 e. The third-order valence-corrected chi connectivity index (χ3v) is 4.30. The second kappa shape index (κ2) is 8.97. The molecule has 0 saturated carbocycles. The highest BCUT2D eigenvalue weighted by molar-refractivity contribution is 5.94. The van der Waals surface area contributed by atoms with E-state index in [4.69, 9.17) is 9.47 Å². The topological polar surface area (TPSA) is 87.5 Å². The molecular formula is C22H20N2O5. The summed E-state index contributed by atoms with van der Waals surface area (Å²) in [6, 6.07) is 16.9. The molecule has 3 rings (SSSR count). The van der Waals surface area contributed by atoms with Crippen molar-refractivity contribution in [1.82, 2.24) is 9.78 Å². The predicted octanol–water partition coefficient (Wildman–Crippen LogP) is 2.86. The molecule has 0 atom stereocenters. The molecule has 1 aromatic heterocycles. The first-order valence-electron chi connectivity index (χ1n) is 8.95. The van der Waals surface area contributed by atoms with E-state index in [1.54, 1.807) is 18.2 Å². The fraction of sp³-hybridized carbons (Fsp3) is 0.182. The van der Waals surface area contributed by atoms with E-state index >= 15 is 0 Å².